The molecule has 1 heterocycles. The van der Waals surface area contributed by atoms with Gasteiger partial charge in [-0.05, 0) is 0 Å². The molecule has 0 aliphatic carbocycles. The molecule has 0 aromatic carbocycles. The van der Waals surface area contributed by atoms with Crippen molar-refractivity contribution in [2.24, 2.45) is 0 Å². The van der Waals surface area contributed by atoms with Gasteiger partial charge in [0.15, 0.2) is 4.34 Å². The summed E-state index contributed by atoms with van der Waals surface area (Å²) in [4.78, 5) is 12.7. The minimum Gasteiger partial charge on any atom is -0.374 e. The number of hydrogen-bond acceptors (Lipinski definition) is 6. The summed E-state index contributed by atoms with van der Waals surface area (Å²) in [7, 11) is 3.44. The van der Waals surface area contributed by atoms with E-state index >= 15 is 0 Å². The highest BCUT2D eigenvalue weighted by Gasteiger charge is 2.07. The van der Waals surface area contributed by atoms with Crippen molar-refractivity contribution in [1.29, 1.82) is 0 Å². The number of nitrogens with zero attached hydrogens (tertiary/aromatic N) is 3. The highest BCUT2D eigenvalue weighted by Crippen LogP contribution is 2.23. The third-order valence-corrected chi connectivity index (χ3v) is 3.11. The van der Waals surface area contributed by atoms with Gasteiger partial charge >= 0.3 is 0 Å². The second kappa shape index (κ2) is 4.43. The summed E-state index contributed by atoms with van der Waals surface area (Å²) in [6, 6.07) is 0. The molecule has 7 heteroatoms. The Morgan fingerprint density at radius 3 is 2.77 bits per heavy atom. The van der Waals surface area contributed by atoms with Crippen LogP contribution in [0.4, 0.5) is 5.13 Å². The van der Waals surface area contributed by atoms with Crippen LogP contribution >= 0.6 is 23.1 Å². The lowest BCUT2D eigenvalue weighted by Crippen LogP contribution is -2.23. The lowest BCUT2D eigenvalue weighted by molar-refractivity contribution is -0.125. The van der Waals surface area contributed by atoms with Crippen LogP contribution in [0.1, 0.15) is 0 Å². The fourth-order valence-corrected chi connectivity index (χ4v) is 2.15. The quantitative estimate of drug-likeness (QED) is 0.739. The zero-order valence-corrected chi connectivity index (χ0v) is 8.98. The van der Waals surface area contributed by atoms with Gasteiger partial charge in [0.1, 0.15) is 0 Å². The van der Waals surface area contributed by atoms with E-state index in [1.165, 1.54) is 28.0 Å². The van der Waals surface area contributed by atoms with E-state index in [2.05, 4.69) is 10.2 Å². The van der Waals surface area contributed by atoms with Gasteiger partial charge in [-0.15, -0.1) is 10.2 Å². The molecule has 0 fully saturated rings. The molecule has 1 amide bonds. The molecule has 1 rings (SSSR count). The third-order valence-electron chi connectivity index (χ3n) is 1.24. The van der Waals surface area contributed by atoms with E-state index in [9.17, 15) is 4.79 Å². The van der Waals surface area contributed by atoms with Gasteiger partial charge in [-0.2, -0.15) is 0 Å². The van der Waals surface area contributed by atoms with Crippen LogP contribution in [-0.4, -0.2) is 40.9 Å². The first-order valence-electron chi connectivity index (χ1n) is 3.51. The molecule has 0 aliphatic rings. The first-order valence-corrected chi connectivity index (χ1v) is 5.31. The third kappa shape index (κ3) is 3.19. The maximum Gasteiger partial charge on any atom is 0.232 e. The number of aromatic nitrogens is 2. The molecule has 72 valence electrons. The van der Waals surface area contributed by atoms with E-state index < -0.39 is 0 Å². The molecule has 0 radical (unpaired) electrons. The second-order valence-electron chi connectivity index (χ2n) is 2.48. The molecule has 0 atom stereocenters. The topological polar surface area (TPSA) is 72.1 Å². The summed E-state index contributed by atoms with van der Waals surface area (Å²) in [5, 5.41) is 7.85. The first kappa shape index (κ1) is 10.3. The van der Waals surface area contributed by atoms with Crippen LogP contribution in [0.2, 0.25) is 0 Å². The fourth-order valence-electron chi connectivity index (χ4n) is 0.531. The average Bonchev–Trinajstić information content (AvgIpc) is 2.47. The van der Waals surface area contributed by atoms with Gasteiger partial charge in [-0.3, -0.25) is 4.79 Å². The molecule has 0 unspecified atom stereocenters. The smallest absolute Gasteiger partial charge is 0.232 e. The van der Waals surface area contributed by atoms with Crippen LogP contribution in [0.3, 0.4) is 0 Å². The summed E-state index contributed by atoms with van der Waals surface area (Å²) >= 11 is 2.64. The standard InChI is InChI=1S/C6H10N4OS2/c1-10(2)4(11)3-12-6-9-8-5(7)13-6/h3H2,1-2H3,(H2,7,8). The van der Waals surface area contributed by atoms with Crippen LogP contribution in [0.25, 0.3) is 0 Å². The van der Waals surface area contributed by atoms with Crippen LogP contribution in [0.15, 0.2) is 4.34 Å². The summed E-state index contributed by atoms with van der Waals surface area (Å²) in [5.41, 5.74) is 5.38. The van der Waals surface area contributed by atoms with Crippen LogP contribution in [-0.2, 0) is 4.79 Å². The minimum atomic E-state index is 0.0544. The van der Waals surface area contributed by atoms with E-state index in [0.29, 0.717) is 10.9 Å². The molecule has 1 aromatic heterocycles. The SMILES string of the molecule is CN(C)C(=O)CSc1nnc(N)s1. The number of nitrogens with two attached hydrogens (primary N) is 1. The Balaban J connectivity index is 2.39. The number of amides is 1. The Morgan fingerprint density at radius 2 is 2.31 bits per heavy atom. The predicted molar refractivity (Wildman–Crippen MR) is 53.7 cm³/mol. The van der Waals surface area contributed by atoms with E-state index in [1.54, 1.807) is 14.1 Å². The van der Waals surface area contributed by atoms with Gasteiger partial charge in [0, 0.05) is 14.1 Å². The molecule has 1 aromatic rings. The number of carbonyl (C=O) groups is 1. The van der Waals surface area contributed by atoms with Gasteiger partial charge in [0.25, 0.3) is 0 Å². The van der Waals surface area contributed by atoms with Gasteiger partial charge < -0.3 is 10.6 Å². The average molecular weight is 218 g/mol. The number of anilines is 1. The maximum atomic E-state index is 11.2. The zero-order valence-electron chi connectivity index (χ0n) is 7.35. The molecule has 5 nitrogen and oxygen atoms in total. The monoisotopic (exact) mass is 218 g/mol. The van der Waals surface area contributed by atoms with Gasteiger partial charge in [0.05, 0.1) is 5.75 Å². The fraction of sp³-hybridized carbons (Fsp3) is 0.500. The van der Waals surface area contributed by atoms with Crippen LogP contribution in [0.5, 0.6) is 0 Å². The van der Waals surface area contributed by atoms with Crippen molar-refractivity contribution in [1.82, 2.24) is 15.1 Å². The summed E-state index contributed by atoms with van der Waals surface area (Å²) in [6.07, 6.45) is 0. The molecule has 2 N–H and O–H groups in total. The van der Waals surface area contributed by atoms with Gasteiger partial charge in [-0.25, -0.2) is 0 Å². The van der Waals surface area contributed by atoms with Crippen molar-refractivity contribution < 1.29 is 4.79 Å². The van der Waals surface area contributed by atoms with E-state index in [4.69, 9.17) is 5.73 Å². The van der Waals surface area contributed by atoms with Crippen LogP contribution in [0, 0.1) is 0 Å². The molecule has 13 heavy (non-hydrogen) atoms. The summed E-state index contributed by atoms with van der Waals surface area (Å²) in [5.74, 6) is 0.431. The van der Waals surface area contributed by atoms with Gasteiger partial charge in [0.2, 0.25) is 11.0 Å². The molecule has 0 spiro atoms. The second-order valence-corrected chi connectivity index (χ2v) is 4.71. The normalized spacial score (nSPS) is 10.0. The number of rotatable bonds is 3. The number of thioether (sulfide) groups is 1. The Bertz CT molecular complexity index is 299. The first-order chi connectivity index (χ1) is 6.09. The van der Waals surface area contributed by atoms with Crippen molar-refractivity contribution in [3.63, 3.8) is 0 Å². The molecule has 0 aliphatic heterocycles. The van der Waals surface area contributed by atoms with E-state index in [0.717, 1.165) is 4.34 Å². The Hall–Kier alpha value is -0.820. The minimum absolute atomic E-state index is 0.0544. The summed E-state index contributed by atoms with van der Waals surface area (Å²) in [6.45, 7) is 0. The van der Waals surface area contributed by atoms with Crippen molar-refractivity contribution in [2.75, 3.05) is 25.6 Å². The molecule has 0 saturated carbocycles. The highest BCUT2D eigenvalue weighted by molar-refractivity contribution is 8.01. The Morgan fingerprint density at radius 1 is 1.62 bits per heavy atom. The predicted octanol–water partition coefficient (Wildman–Crippen LogP) is 0.301. The maximum absolute atomic E-state index is 11.2. The van der Waals surface area contributed by atoms with Crippen molar-refractivity contribution in [3.05, 3.63) is 0 Å². The number of carbonyl (C=O) groups excluding carboxylic acids is 1. The largest absolute Gasteiger partial charge is 0.374 e. The number of hydrogen-bond donors (Lipinski definition) is 1. The van der Waals surface area contributed by atoms with Crippen molar-refractivity contribution >= 4 is 34.1 Å². The Kier molecular flexibility index (Phi) is 3.49. The highest BCUT2D eigenvalue weighted by atomic mass is 32.2. The van der Waals surface area contributed by atoms with E-state index in [1.807, 2.05) is 0 Å². The molecular weight excluding hydrogens is 208 g/mol. The molecular formula is C6H10N4OS2. The summed E-state index contributed by atoms with van der Waals surface area (Å²) < 4.78 is 0.729. The zero-order chi connectivity index (χ0) is 9.84. The lowest BCUT2D eigenvalue weighted by Gasteiger charge is -2.07. The van der Waals surface area contributed by atoms with Crippen LogP contribution < -0.4 is 5.73 Å². The van der Waals surface area contributed by atoms with Crippen molar-refractivity contribution in [3.8, 4) is 0 Å². The van der Waals surface area contributed by atoms with E-state index in [-0.39, 0.29) is 5.91 Å². The Labute approximate surface area is 84.3 Å². The van der Waals surface area contributed by atoms with Gasteiger partial charge in [-0.1, -0.05) is 23.1 Å². The molecule has 0 saturated heterocycles. The number of nitrogen functional groups attached to an aromatic ring is 1. The van der Waals surface area contributed by atoms with Crippen molar-refractivity contribution in [2.45, 2.75) is 4.34 Å². The lowest BCUT2D eigenvalue weighted by atomic mass is 10.6. The molecule has 0 bridgehead atoms.